The standard InChI is InChI=1S/C13H17F3N2O/c14-13(15,16)11-1-3-12(4-2-11)19-10-9-18-7-5-17-6-8-18/h1-4,17H,5-10H2. The molecule has 1 saturated heterocycles. The first kappa shape index (κ1) is 14.1. The molecule has 6 heteroatoms. The molecule has 0 bridgehead atoms. The molecule has 0 unspecified atom stereocenters. The molecule has 1 N–H and O–H groups in total. The van der Waals surface area contributed by atoms with E-state index in [1.807, 2.05) is 0 Å². The zero-order valence-electron chi connectivity index (χ0n) is 10.5. The van der Waals surface area contributed by atoms with Gasteiger partial charge in [0.15, 0.2) is 0 Å². The summed E-state index contributed by atoms with van der Waals surface area (Å²) in [4.78, 5) is 2.26. The highest BCUT2D eigenvalue weighted by atomic mass is 19.4. The average molecular weight is 274 g/mol. The molecule has 0 spiro atoms. The number of piperazine rings is 1. The minimum Gasteiger partial charge on any atom is -0.492 e. The van der Waals surface area contributed by atoms with Crippen molar-refractivity contribution in [3.05, 3.63) is 29.8 Å². The van der Waals surface area contributed by atoms with Crippen molar-refractivity contribution in [3.63, 3.8) is 0 Å². The maximum absolute atomic E-state index is 12.4. The van der Waals surface area contributed by atoms with Crippen LogP contribution in [0, 0.1) is 0 Å². The van der Waals surface area contributed by atoms with Crippen molar-refractivity contribution < 1.29 is 17.9 Å². The number of benzene rings is 1. The van der Waals surface area contributed by atoms with Gasteiger partial charge in [0.25, 0.3) is 0 Å². The summed E-state index contributed by atoms with van der Waals surface area (Å²) in [6.07, 6.45) is -4.29. The van der Waals surface area contributed by atoms with E-state index in [9.17, 15) is 13.2 Å². The van der Waals surface area contributed by atoms with Crippen LogP contribution in [0.15, 0.2) is 24.3 Å². The molecule has 1 aromatic carbocycles. The molecule has 0 radical (unpaired) electrons. The second-order valence-electron chi connectivity index (χ2n) is 4.46. The molecule has 106 valence electrons. The minimum absolute atomic E-state index is 0.475. The van der Waals surface area contributed by atoms with Crippen LogP contribution in [-0.4, -0.2) is 44.2 Å². The van der Waals surface area contributed by atoms with Crippen LogP contribution < -0.4 is 10.1 Å². The van der Waals surface area contributed by atoms with Gasteiger partial charge in [-0.2, -0.15) is 13.2 Å². The van der Waals surface area contributed by atoms with Crippen LogP contribution in [-0.2, 0) is 6.18 Å². The van der Waals surface area contributed by atoms with E-state index in [2.05, 4.69) is 10.2 Å². The molecule has 0 amide bonds. The molecule has 0 aromatic heterocycles. The van der Waals surface area contributed by atoms with Crippen LogP contribution in [0.4, 0.5) is 13.2 Å². The lowest BCUT2D eigenvalue weighted by atomic mass is 10.2. The van der Waals surface area contributed by atoms with E-state index in [1.54, 1.807) is 0 Å². The zero-order chi connectivity index (χ0) is 13.7. The highest BCUT2D eigenvalue weighted by Crippen LogP contribution is 2.30. The van der Waals surface area contributed by atoms with E-state index < -0.39 is 11.7 Å². The number of halogens is 3. The Morgan fingerprint density at radius 3 is 2.32 bits per heavy atom. The second kappa shape index (κ2) is 6.25. The fourth-order valence-electron chi connectivity index (χ4n) is 1.97. The van der Waals surface area contributed by atoms with Crippen LogP contribution in [0.5, 0.6) is 5.75 Å². The Labute approximate surface area is 110 Å². The van der Waals surface area contributed by atoms with E-state index in [0.29, 0.717) is 12.4 Å². The number of hydrogen-bond acceptors (Lipinski definition) is 3. The normalized spacial score (nSPS) is 17.4. The maximum atomic E-state index is 12.4. The topological polar surface area (TPSA) is 24.5 Å². The Bertz CT molecular complexity index is 386. The highest BCUT2D eigenvalue weighted by Gasteiger charge is 2.29. The first-order chi connectivity index (χ1) is 9.05. The van der Waals surface area contributed by atoms with Gasteiger partial charge >= 0.3 is 6.18 Å². The summed E-state index contributed by atoms with van der Waals surface area (Å²) in [6.45, 7) is 5.20. The molecule has 19 heavy (non-hydrogen) atoms. The number of alkyl halides is 3. The summed E-state index contributed by atoms with van der Waals surface area (Å²) in [7, 11) is 0. The Morgan fingerprint density at radius 2 is 1.74 bits per heavy atom. The lowest BCUT2D eigenvalue weighted by molar-refractivity contribution is -0.137. The summed E-state index contributed by atoms with van der Waals surface area (Å²) in [5.41, 5.74) is -0.651. The van der Waals surface area contributed by atoms with Gasteiger partial charge in [0.1, 0.15) is 12.4 Å². The first-order valence-corrected chi connectivity index (χ1v) is 6.29. The second-order valence-corrected chi connectivity index (χ2v) is 4.46. The monoisotopic (exact) mass is 274 g/mol. The van der Waals surface area contributed by atoms with Gasteiger partial charge in [-0.25, -0.2) is 0 Å². The van der Waals surface area contributed by atoms with Crippen LogP contribution in [0.25, 0.3) is 0 Å². The van der Waals surface area contributed by atoms with E-state index in [-0.39, 0.29) is 0 Å². The molecule has 2 rings (SSSR count). The van der Waals surface area contributed by atoms with Crippen molar-refractivity contribution in [2.24, 2.45) is 0 Å². The van der Waals surface area contributed by atoms with Gasteiger partial charge in [-0.05, 0) is 24.3 Å². The number of ether oxygens (including phenoxy) is 1. The Kier molecular flexibility index (Phi) is 4.66. The van der Waals surface area contributed by atoms with Gasteiger partial charge in [-0.3, -0.25) is 4.90 Å². The van der Waals surface area contributed by atoms with E-state index in [1.165, 1.54) is 12.1 Å². The van der Waals surface area contributed by atoms with Crippen LogP contribution in [0.3, 0.4) is 0 Å². The van der Waals surface area contributed by atoms with Crippen LogP contribution in [0.2, 0.25) is 0 Å². The summed E-state index contributed by atoms with van der Waals surface area (Å²) >= 11 is 0. The van der Waals surface area contributed by atoms with Crippen LogP contribution >= 0.6 is 0 Å². The molecular weight excluding hydrogens is 257 g/mol. The van der Waals surface area contributed by atoms with Crippen molar-refractivity contribution in [3.8, 4) is 5.75 Å². The Balaban J connectivity index is 1.76. The first-order valence-electron chi connectivity index (χ1n) is 6.29. The SMILES string of the molecule is FC(F)(F)c1ccc(OCCN2CCNCC2)cc1. The fourth-order valence-corrected chi connectivity index (χ4v) is 1.97. The summed E-state index contributed by atoms with van der Waals surface area (Å²) < 4.78 is 42.5. The maximum Gasteiger partial charge on any atom is 0.416 e. The molecule has 1 heterocycles. The zero-order valence-corrected chi connectivity index (χ0v) is 10.5. The van der Waals surface area contributed by atoms with E-state index >= 15 is 0 Å². The third-order valence-corrected chi connectivity index (χ3v) is 3.07. The van der Waals surface area contributed by atoms with Crippen molar-refractivity contribution in [1.29, 1.82) is 0 Å². The van der Waals surface area contributed by atoms with Gasteiger partial charge in [-0.1, -0.05) is 0 Å². The third kappa shape index (κ3) is 4.40. The lowest BCUT2D eigenvalue weighted by Crippen LogP contribution is -2.44. The predicted molar refractivity (Wildman–Crippen MR) is 66.2 cm³/mol. The van der Waals surface area contributed by atoms with Gasteiger partial charge in [0.05, 0.1) is 5.56 Å². The molecule has 1 aromatic rings. The molecule has 3 nitrogen and oxygen atoms in total. The number of rotatable bonds is 4. The van der Waals surface area contributed by atoms with E-state index in [0.717, 1.165) is 44.9 Å². The van der Waals surface area contributed by atoms with Gasteiger partial charge in [-0.15, -0.1) is 0 Å². The number of hydrogen-bond donors (Lipinski definition) is 1. The van der Waals surface area contributed by atoms with E-state index in [4.69, 9.17) is 4.74 Å². The third-order valence-electron chi connectivity index (χ3n) is 3.07. The van der Waals surface area contributed by atoms with Crippen molar-refractivity contribution in [2.75, 3.05) is 39.3 Å². The molecule has 1 aliphatic rings. The molecule has 0 saturated carbocycles. The fraction of sp³-hybridized carbons (Fsp3) is 0.538. The van der Waals surface area contributed by atoms with Gasteiger partial charge in [0.2, 0.25) is 0 Å². The van der Waals surface area contributed by atoms with Gasteiger partial charge in [0, 0.05) is 32.7 Å². The number of nitrogens with zero attached hydrogens (tertiary/aromatic N) is 1. The largest absolute Gasteiger partial charge is 0.492 e. The molecule has 1 aliphatic heterocycles. The Hall–Kier alpha value is -1.27. The summed E-state index contributed by atoms with van der Waals surface area (Å²) in [5, 5.41) is 3.25. The van der Waals surface area contributed by atoms with Crippen molar-refractivity contribution in [2.45, 2.75) is 6.18 Å². The van der Waals surface area contributed by atoms with Crippen molar-refractivity contribution in [1.82, 2.24) is 10.2 Å². The summed E-state index contributed by atoms with van der Waals surface area (Å²) in [5.74, 6) is 0.475. The van der Waals surface area contributed by atoms with Crippen LogP contribution in [0.1, 0.15) is 5.56 Å². The molecular formula is C13H17F3N2O. The minimum atomic E-state index is -4.29. The van der Waals surface area contributed by atoms with Gasteiger partial charge < -0.3 is 10.1 Å². The average Bonchev–Trinajstić information content (AvgIpc) is 2.39. The predicted octanol–water partition coefficient (Wildman–Crippen LogP) is 1.99. The van der Waals surface area contributed by atoms with Crippen molar-refractivity contribution >= 4 is 0 Å². The molecule has 0 atom stereocenters. The lowest BCUT2D eigenvalue weighted by Gasteiger charge is -2.26. The quantitative estimate of drug-likeness (QED) is 0.908. The highest BCUT2D eigenvalue weighted by molar-refractivity contribution is 5.28. The molecule has 0 aliphatic carbocycles. The summed E-state index contributed by atoms with van der Waals surface area (Å²) in [6, 6.07) is 4.81. The Morgan fingerprint density at radius 1 is 1.11 bits per heavy atom. The smallest absolute Gasteiger partial charge is 0.416 e. The molecule has 1 fully saturated rings. The number of nitrogens with one attached hydrogen (secondary N) is 1.